The van der Waals surface area contributed by atoms with Crippen LogP contribution in [0.25, 0.3) is 27.9 Å². The number of aromatic nitrogens is 3. The molecule has 1 aliphatic heterocycles. The maximum atomic E-state index is 12.8. The Morgan fingerprint density at radius 3 is 2.96 bits per heavy atom. The van der Waals surface area contributed by atoms with Gasteiger partial charge in [-0.15, -0.1) is 0 Å². The van der Waals surface area contributed by atoms with E-state index in [1.807, 2.05) is 24.5 Å². The summed E-state index contributed by atoms with van der Waals surface area (Å²) in [6.45, 7) is 9.05. The molecule has 136 valence electrons. The Balaban J connectivity index is 1.76. The van der Waals surface area contributed by atoms with Gasteiger partial charge < -0.3 is 4.57 Å². The normalized spacial score (nSPS) is 18.7. The minimum absolute atomic E-state index is 0.0348. The number of aromatic amines is 1. The molecule has 0 aliphatic carbocycles. The van der Waals surface area contributed by atoms with Crippen molar-refractivity contribution in [3.8, 4) is 0 Å². The summed E-state index contributed by atoms with van der Waals surface area (Å²) in [5, 5.41) is 9.11. The van der Waals surface area contributed by atoms with E-state index < -0.39 is 0 Å². The van der Waals surface area contributed by atoms with Gasteiger partial charge in [0.05, 0.1) is 10.9 Å². The smallest absolute Gasteiger partial charge is 0.262 e. The molecule has 1 aromatic carbocycles. The molecule has 0 saturated carbocycles. The standard InChI is InChI=1S/C21H26N4O/c1-4-25-18-10-9-16(8-6-12-24-11-5-7-14(24)2)13-17(18)20-19(21(25)26)15(3)22-23-20/h6,8-10,13-14H,4-5,7,11-12H2,1-3H3,(H,22,23)/b8-6+/t14-/m0/s1. The zero-order chi connectivity index (χ0) is 18.3. The van der Waals surface area contributed by atoms with Crippen LogP contribution in [0.5, 0.6) is 0 Å². The van der Waals surface area contributed by atoms with Crippen LogP contribution in [0.15, 0.2) is 29.1 Å². The second kappa shape index (κ2) is 6.72. The molecule has 0 amide bonds. The summed E-state index contributed by atoms with van der Waals surface area (Å²) in [5.74, 6) is 0. The lowest BCUT2D eigenvalue weighted by Crippen LogP contribution is -2.26. The van der Waals surface area contributed by atoms with Crippen LogP contribution in [0, 0.1) is 6.92 Å². The summed E-state index contributed by atoms with van der Waals surface area (Å²) in [4.78, 5) is 15.3. The Bertz CT molecular complexity index is 1040. The van der Waals surface area contributed by atoms with Crippen LogP contribution < -0.4 is 5.56 Å². The molecule has 4 rings (SSSR count). The van der Waals surface area contributed by atoms with Crippen molar-refractivity contribution in [3.05, 3.63) is 45.9 Å². The Morgan fingerprint density at radius 2 is 2.23 bits per heavy atom. The zero-order valence-corrected chi connectivity index (χ0v) is 15.7. The number of aryl methyl sites for hydroxylation is 2. The van der Waals surface area contributed by atoms with E-state index in [0.717, 1.165) is 34.2 Å². The molecule has 1 N–H and O–H groups in total. The van der Waals surface area contributed by atoms with Gasteiger partial charge in [0, 0.05) is 30.2 Å². The molecular weight excluding hydrogens is 324 g/mol. The first-order chi connectivity index (χ1) is 12.6. The van der Waals surface area contributed by atoms with E-state index in [1.165, 1.54) is 19.4 Å². The van der Waals surface area contributed by atoms with Crippen LogP contribution in [0.4, 0.5) is 0 Å². The number of H-pyrrole nitrogens is 1. The molecule has 26 heavy (non-hydrogen) atoms. The van der Waals surface area contributed by atoms with Crippen LogP contribution in [0.3, 0.4) is 0 Å². The molecule has 1 fully saturated rings. The first-order valence-electron chi connectivity index (χ1n) is 9.52. The van der Waals surface area contributed by atoms with E-state index in [1.54, 1.807) is 0 Å². The maximum absolute atomic E-state index is 12.8. The van der Waals surface area contributed by atoms with Gasteiger partial charge in [-0.2, -0.15) is 5.10 Å². The first kappa shape index (κ1) is 17.0. The van der Waals surface area contributed by atoms with Crippen molar-refractivity contribution in [2.45, 2.75) is 46.2 Å². The molecule has 3 heterocycles. The second-order valence-electron chi connectivity index (χ2n) is 7.29. The van der Waals surface area contributed by atoms with Gasteiger partial charge in [0.15, 0.2) is 0 Å². The van der Waals surface area contributed by atoms with Crippen LogP contribution in [-0.2, 0) is 6.54 Å². The van der Waals surface area contributed by atoms with Crippen molar-refractivity contribution in [2.75, 3.05) is 13.1 Å². The fourth-order valence-corrected chi connectivity index (χ4v) is 4.11. The fraction of sp³-hybridized carbons (Fsp3) is 0.429. The molecule has 5 nitrogen and oxygen atoms in total. The summed E-state index contributed by atoms with van der Waals surface area (Å²) >= 11 is 0. The van der Waals surface area contributed by atoms with Gasteiger partial charge in [0.1, 0.15) is 5.52 Å². The number of hydrogen-bond donors (Lipinski definition) is 1. The van der Waals surface area contributed by atoms with Gasteiger partial charge in [-0.1, -0.05) is 18.2 Å². The number of benzene rings is 1. The van der Waals surface area contributed by atoms with Gasteiger partial charge in [-0.3, -0.25) is 14.8 Å². The highest BCUT2D eigenvalue weighted by atomic mass is 16.1. The van der Waals surface area contributed by atoms with E-state index in [-0.39, 0.29) is 5.56 Å². The first-order valence-corrected chi connectivity index (χ1v) is 9.52. The van der Waals surface area contributed by atoms with Crippen molar-refractivity contribution in [1.82, 2.24) is 19.7 Å². The van der Waals surface area contributed by atoms with Gasteiger partial charge in [-0.05, 0) is 57.9 Å². The SMILES string of the molecule is CCn1c(=O)c2c(C)[nH]nc2c2cc(/C=C/CN3CCC[C@@H]3C)ccc21. The van der Waals surface area contributed by atoms with E-state index in [0.29, 0.717) is 18.0 Å². The fourth-order valence-electron chi connectivity index (χ4n) is 4.11. The third kappa shape index (κ3) is 2.76. The van der Waals surface area contributed by atoms with Gasteiger partial charge in [0.25, 0.3) is 5.56 Å². The lowest BCUT2D eigenvalue weighted by molar-refractivity contribution is 0.298. The van der Waals surface area contributed by atoms with Gasteiger partial charge in [0.2, 0.25) is 0 Å². The minimum atomic E-state index is 0.0348. The molecule has 5 heteroatoms. The molecule has 3 aromatic rings. The Kier molecular flexibility index (Phi) is 4.41. The van der Waals surface area contributed by atoms with Crippen molar-refractivity contribution >= 4 is 27.9 Å². The molecule has 1 saturated heterocycles. The Labute approximate surface area is 153 Å². The van der Waals surface area contributed by atoms with Crippen molar-refractivity contribution in [1.29, 1.82) is 0 Å². The average Bonchev–Trinajstić information content (AvgIpc) is 3.22. The third-order valence-corrected chi connectivity index (χ3v) is 5.63. The van der Waals surface area contributed by atoms with Crippen molar-refractivity contribution < 1.29 is 0 Å². The number of nitrogens with zero attached hydrogens (tertiary/aromatic N) is 3. The number of hydrogen-bond acceptors (Lipinski definition) is 3. The minimum Gasteiger partial charge on any atom is -0.308 e. The van der Waals surface area contributed by atoms with Gasteiger partial charge >= 0.3 is 0 Å². The van der Waals surface area contributed by atoms with E-state index in [9.17, 15) is 4.79 Å². The van der Waals surface area contributed by atoms with Gasteiger partial charge in [-0.25, -0.2) is 0 Å². The number of likely N-dealkylation sites (tertiary alicyclic amines) is 1. The predicted molar refractivity (Wildman–Crippen MR) is 108 cm³/mol. The van der Waals surface area contributed by atoms with Crippen molar-refractivity contribution in [2.24, 2.45) is 0 Å². The molecule has 0 radical (unpaired) electrons. The lowest BCUT2D eigenvalue weighted by Gasteiger charge is -2.18. The zero-order valence-electron chi connectivity index (χ0n) is 15.7. The summed E-state index contributed by atoms with van der Waals surface area (Å²) < 4.78 is 1.83. The van der Waals surface area contributed by atoms with Crippen molar-refractivity contribution in [3.63, 3.8) is 0 Å². The molecular formula is C21H26N4O. The number of fused-ring (bicyclic) bond motifs is 3. The van der Waals surface area contributed by atoms with Crippen LogP contribution in [0.2, 0.25) is 0 Å². The molecule has 0 unspecified atom stereocenters. The van der Waals surface area contributed by atoms with E-state index in [2.05, 4.69) is 46.3 Å². The van der Waals surface area contributed by atoms with Crippen LogP contribution in [-0.4, -0.2) is 38.8 Å². The second-order valence-corrected chi connectivity index (χ2v) is 7.29. The number of pyridine rings is 1. The highest BCUT2D eigenvalue weighted by molar-refractivity contribution is 6.04. The quantitative estimate of drug-likeness (QED) is 0.780. The van der Waals surface area contributed by atoms with Crippen LogP contribution >= 0.6 is 0 Å². The predicted octanol–water partition coefficient (Wildman–Crippen LogP) is 3.70. The molecule has 1 atom stereocenters. The third-order valence-electron chi connectivity index (χ3n) is 5.63. The molecule has 0 bridgehead atoms. The molecule has 2 aromatic heterocycles. The molecule has 0 spiro atoms. The average molecular weight is 350 g/mol. The van der Waals surface area contributed by atoms with E-state index in [4.69, 9.17) is 0 Å². The summed E-state index contributed by atoms with van der Waals surface area (Å²) in [6, 6.07) is 6.96. The highest BCUT2D eigenvalue weighted by Crippen LogP contribution is 2.24. The molecule has 1 aliphatic rings. The Morgan fingerprint density at radius 1 is 1.38 bits per heavy atom. The largest absolute Gasteiger partial charge is 0.308 e. The monoisotopic (exact) mass is 350 g/mol. The van der Waals surface area contributed by atoms with E-state index >= 15 is 0 Å². The highest BCUT2D eigenvalue weighted by Gasteiger charge is 2.18. The lowest BCUT2D eigenvalue weighted by atomic mass is 10.1. The summed E-state index contributed by atoms with van der Waals surface area (Å²) in [5.41, 5.74) is 3.73. The maximum Gasteiger partial charge on any atom is 0.262 e. The summed E-state index contributed by atoms with van der Waals surface area (Å²) in [7, 11) is 0. The summed E-state index contributed by atoms with van der Waals surface area (Å²) in [6.07, 6.45) is 7.02. The van der Waals surface area contributed by atoms with Crippen LogP contribution in [0.1, 0.15) is 37.9 Å². The number of nitrogens with one attached hydrogen (secondary N) is 1. The topological polar surface area (TPSA) is 53.9 Å². The Hall–Kier alpha value is -2.40. The number of rotatable bonds is 4.